The Morgan fingerprint density at radius 1 is 0.744 bits per heavy atom. The van der Waals surface area contributed by atoms with Crippen LogP contribution in [0, 0.1) is 5.82 Å². The summed E-state index contributed by atoms with van der Waals surface area (Å²) in [6.07, 6.45) is 1.20. The first-order valence-electron chi connectivity index (χ1n) is 11.2. The second-order valence-electron chi connectivity index (χ2n) is 7.26. The maximum absolute atomic E-state index is 12.7. The van der Waals surface area contributed by atoms with Crippen LogP contribution in [-0.2, 0) is 9.68 Å². The Labute approximate surface area is 344 Å². The van der Waals surface area contributed by atoms with Crippen molar-refractivity contribution < 1.29 is 152 Å². The van der Waals surface area contributed by atoms with E-state index in [0.717, 1.165) is 6.29 Å². The van der Waals surface area contributed by atoms with Gasteiger partial charge in [0.05, 0.1) is 25.3 Å². The Hall–Kier alpha value is -1.37. The molecule has 43 heavy (non-hydrogen) atoms. The van der Waals surface area contributed by atoms with Gasteiger partial charge < -0.3 is 30.9 Å². The fraction of sp³-hybridized carbons (Fsp3) is 0.0690. The average molecular weight is 686 g/mol. The minimum atomic E-state index is -0.556. The van der Waals surface area contributed by atoms with E-state index in [9.17, 15) is 14.0 Å². The molecule has 0 atom stereocenters. The van der Waals surface area contributed by atoms with Gasteiger partial charge in [-0.25, -0.2) is 4.39 Å². The van der Waals surface area contributed by atoms with Crippen molar-refractivity contribution in [3.8, 4) is 28.7 Å². The van der Waals surface area contributed by atoms with Crippen LogP contribution >= 0.6 is 23.2 Å². The van der Waals surface area contributed by atoms with Crippen molar-refractivity contribution in [2.45, 2.75) is 0 Å². The predicted molar refractivity (Wildman–Crippen MR) is 150 cm³/mol. The zero-order chi connectivity index (χ0) is 30.6. The predicted octanol–water partition coefficient (Wildman–Crippen LogP) is 0.201. The number of rotatable bonds is 7. The number of aromatic hydroxyl groups is 1. The summed E-state index contributed by atoms with van der Waals surface area (Å²) in [5, 5.41) is 18.3. The number of aldehydes is 2. The first kappa shape index (κ1) is 43.8. The van der Waals surface area contributed by atoms with Crippen molar-refractivity contribution in [3.63, 3.8) is 0 Å². The van der Waals surface area contributed by atoms with Crippen LogP contribution in [0.3, 0.4) is 0 Å². The summed E-state index contributed by atoms with van der Waals surface area (Å²) in [6.45, 7) is -0.181. The van der Waals surface area contributed by atoms with Crippen molar-refractivity contribution in [1.29, 1.82) is 0 Å². The molecule has 0 aliphatic rings. The minimum Gasteiger partial charge on any atom is -1.00 e. The third kappa shape index (κ3) is 18.3. The number of carbonyl (C=O) groups is 3. The molecule has 0 amide bonds. The van der Waals surface area contributed by atoms with E-state index in [1.165, 1.54) is 31.4 Å². The summed E-state index contributed by atoms with van der Waals surface area (Å²) in [5.41, 5.74) is 0.501. The monoisotopic (exact) mass is 684 g/mol. The molecule has 0 aliphatic heterocycles. The average Bonchev–Trinajstić information content (AvgIpc) is 2.97. The standard InChI is InChI=1S/C14H11ClO3.C8H7FO2.C6H5ClO.CH2O3.2K.H/c1-17-12-6-5-10(9-16)14(8-12)18-13-4-2-3-11(15)7-13;1-11-7-3-2-6(5-10)8(9)4-7;7-5-2-1-3-6(8)4-5;2-1-4-3;;;/h2-9H,1H3;2-5H,1H3;1-4,8H;1,3H;;;/q;;;;2*+1;-1/p-1. The number of phenols is 1. The Morgan fingerprint density at radius 2 is 1.26 bits per heavy atom. The van der Waals surface area contributed by atoms with E-state index in [4.69, 9.17) is 52.6 Å². The Morgan fingerprint density at radius 3 is 1.67 bits per heavy atom. The van der Waals surface area contributed by atoms with Gasteiger partial charge in [0, 0.05) is 22.2 Å². The molecule has 0 unspecified atom stereocenters. The zero-order valence-electron chi connectivity index (χ0n) is 24.7. The van der Waals surface area contributed by atoms with Crippen LogP contribution in [0.4, 0.5) is 4.39 Å². The molecule has 14 heteroatoms. The van der Waals surface area contributed by atoms with E-state index >= 15 is 0 Å². The van der Waals surface area contributed by atoms with E-state index in [0.29, 0.717) is 44.9 Å². The van der Waals surface area contributed by atoms with Gasteiger partial charge in [-0.05, 0) is 60.7 Å². The third-order valence-electron chi connectivity index (χ3n) is 4.55. The number of ether oxygens (including phenoxy) is 3. The van der Waals surface area contributed by atoms with Gasteiger partial charge in [0.15, 0.2) is 12.6 Å². The Kier molecular flexibility index (Phi) is 26.4. The van der Waals surface area contributed by atoms with Gasteiger partial charge in [0.2, 0.25) is 0 Å². The number of benzene rings is 4. The van der Waals surface area contributed by atoms with E-state index in [1.54, 1.807) is 67.8 Å². The summed E-state index contributed by atoms with van der Waals surface area (Å²) in [4.78, 5) is 32.3. The van der Waals surface area contributed by atoms with Gasteiger partial charge in [-0.2, -0.15) is 0 Å². The van der Waals surface area contributed by atoms with Crippen LogP contribution in [0.15, 0.2) is 84.9 Å². The Balaban J connectivity index is -0.000000558. The molecule has 0 saturated carbocycles. The van der Waals surface area contributed by atoms with Crippen LogP contribution < -0.4 is 122 Å². The molecule has 0 aromatic heterocycles. The number of carbonyl (C=O) groups excluding carboxylic acids is 3. The number of phenolic OH excluding ortho intramolecular Hbond substituents is 1. The van der Waals surface area contributed by atoms with Crippen molar-refractivity contribution in [1.82, 2.24) is 0 Å². The number of halogens is 3. The van der Waals surface area contributed by atoms with Gasteiger partial charge in [-0.1, -0.05) is 35.3 Å². The second kappa shape index (κ2) is 25.9. The van der Waals surface area contributed by atoms with E-state index in [1.807, 2.05) is 0 Å². The topological polar surface area (TPSA) is 131 Å². The summed E-state index contributed by atoms with van der Waals surface area (Å²) in [5.74, 6) is 1.69. The molecule has 0 aliphatic carbocycles. The molecule has 9 nitrogen and oxygen atoms in total. The maximum atomic E-state index is 12.7. The molecule has 1 N–H and O–H groups in total. The minimum absolute atomic E-state index is 0. The van der Waals surface area contributed by atoms with Crippen LogP contribution in [-0.4, -0.2) is 38.4 Å². The zero-order valence-corrected chi connectivity index (χ0v) is 31.4. The summed E-state index contributed by atoms with van der Waals surface area (Å²) >= 11 is 11.4. The second-order valence-corrected chi connectivity index (χ2v) is 8.13. The molecular formula is C29H25Cl2FK2O9. The quantitative estimate of drug-likeness (QED) is 0.126. The molecule has 0 saturated heterocycles. The molecule has 0 heterocycles. The molecule has 4 rings (SSSR count). The number of hydrogen-bond acceptors (Lipinski definition) is 9. The molecule has 4 aromatic rings. The van der Waals surface area contributed by atoms with Crippen molar-refractivity contribution in [2.24, 2.45) is 0 Å². The van der Waals surface area contributed by atoms with E-state index < -0.39 is 5.82 Å². The van der Waals surface area contributed by atoms with Gasteiger partial charge in [0.25, 0.3) is 6.47 Å². The normalized spacial score (nSPS) is 8.70. The van der Waals surface area contributed by atoms with E-state index in [2.05, 4.69) is 4.89 Å². The molecule has 0 bridgehead atoms. The molecule has 0 radical (unpaired) electrons. The first-order valence-corrected chi connectivity index (χ1v) is 12.0. The smallest absolute Gasteiger partial charge is 1.00 e. The number of hydrogen-bond donors (Lipinski definition) is 1. The van der Waals surface area contributed by atoms with E-state index in [-0.39, 0.29) is 122 Å². The maximum Gasteiger partial charge on any atom is 1.00 e. The van der Waals surface area contributed by atoms with Crippen LogP contribution in [0.2, 0.25) is 10.0 Å². The number of methoxy groups -OCH3 is 2. The van der Waals surface area contributed by atoms with Gasteiger partial charge in [0.1, 0.15) is 34.6 Å². The summed E-state index contributed by atoms with van der Waals surface area (Å²) < 4.78 is 28.2. The fourth-order valence-corrected chi connectivity index (χ4v) is 3.06. The Bertz CT molecular complexity index is 1400. The molecule has 0 spiro atoms. The first-order chi connectivity index (χ1) is 19.7. The van der Waals surface area contributed by atoms with Crippen LogP contribution in [0.1, 0.15) is 22.1 Å². The SMILES string of the molecule is COc1ccc(C=O)c(F)c1.COc1ccc(C=O)c(Oc2cccc(Cl)c2)c1.O=CO[O-].Oc1cccc(Cl)c1.[H-].[K+].[K+]. The summed E-state index contributed by atoms with van der Waals surface area (Å²) in [6, 6.07) is 22.5. The molecular weight excluding hydrogens is 660 g/mol. The molecule has 0 fully saturated rings. The van der Waals surface area contributed by atoms with Gasteiger partial charge in [-0.3, -0.25) is 14.4 Å². The van der Waals surface area contributed by atoms with Crippen LogP contribution in [0.25, 0.3) is 0 Å². The fourth-order valence-electron chi connectivity index (χ4n) is 2.69. The van der Waals surface area contributed by atoms with Crippen molar-refractivity contribution in [3.05, 3.63) is 112 Å². The molecule has 4 aromatic carbocycles. The van der Waals surface area contributed by atoms with Gasteiger partial charge >= 0.3 is 103 Å². The van der Waals surface area contributed by atoms with Crippen molar-refractivity contribution in [2.75, 3.05) is 14.2 Å². The summed E-state index contributed by atoms with van der Waals surface area (Å²) in [7, 11) is 2.99. The third-order valence-corrected chi connectivity index (χ3v) is 5.02. The van der Waals surface area contributed by atoms with Gasteiger partial charge in [-0.15, -0.1) is 0 Å². The molecule has 218 valence electrons. The van der Waals surface area contributed by atoms with Crippen LogP contribution in [0.5, 0.6) is 28.7 Å². The van der Waals surface area contributed by atoms with Crippen molar-refractivity contribution >= 4 is 42.2 Å². The largest absolute Gasteiger partial charge is 1.00 e.